The van der Waals surface area contributed by atoms with Gasteiger partial charge in [0.25, 0.3) is 5.91 Å². The van der Waals surface area contributed by atoms with E-state index in [1.807, 2.05) is 24.3 Å². The van der Waals surface area contributed by atoms with E-state index in [0.717, 1.165) is 41.5 Å². The molecular weight excluding hydrogens is 402 g/mol. The lowest BCUT2D eigenvalue weighted by molar-refractivity contribution is 0.0937. The molecule has 3 rings (SSSR count). The number of carbonyl (C=O) groups is 1. The minimum Gasteiger partial charge on any atom is -0.496 e. The van der Waals surface area contributed by atoms with Gasteiger partial charge >= 0.3 is 0 Å². The fourth-order valence-corrected chi connectivity index (χ4v) is 4.61. The van der Waals surface area contributed by atoms with Crippen molar-refractivity contribution in [3.05, 3.63) is 59.7 Å². The highest BCUT2D eigenvalue weighted by Gasteiger charge is 2.26. The first-order valence-corrected chi connectivity index (χ1v) is 11.5. The molecular formula is C22H29N3O4S. The molecule has 1 amide bonds. The molecule has 8 heteroatoms. The van der Waals surface area contributed by atoms with Gasteiger partial charge in [-0.25, -0.2) is 12.7 Å². The smallest absolute Gasteiger partial charge is 0.251 e. The molecule has 1 saturated heterocycles. The van der Waals surface area contributed by atoms with Crippen LogP contribution < -0.4 is 10.1 Å². The molecule has 1 N–H and O–H groups in total. The van der Waals surface area contributed by atoms with Crippen molar-refractivity contribution < 1.29 is 17.9 Å². The van der Waals surface area contributed by atoms with Gasteiger partial charge in [-0.1, -0.05) is 18.2 Å². The van der Waals surface area contributed by atoms with E-state index < -0.39 is 10.0 Å². The van der Waals surface area contributed by atoms with Gasteiger partial charge in [0.05, 0.1) is 18.0 Å². The van der Waals surface area contributed by atoms with E-state index in [9.17, 15) is 13.2 Å². The van der Waals surface area contributed by atoms with Crippen molar-refractivity contribution in [2.24, 2.45) is 0 Å². The van der Waals surface area contributed by atoms with Gasteiger partial charge < -0.3 is 10.1 Å². The van der Waals surface area contributed by atoms with E-state index in [2.05, 4.69) is 10.2 Å². The minimum atomic E-state index is -3.52. The number of sulfonamides is 1. The zero-order valence-corrected chi connectivity index (χ0v) is 18.5. The highest BCUT2D eigenvalue weighted by Crippen LogP contribution is 2.31. The normalized spacial score (nSPS) is 15.9. The van der Waals surface area contributed by atoms with Crippen LogP contribution in [0.4, 0.5) is 0 Å². The summed E-state index contributed by atoms with van der Waals surface area (Å²) < 4.78 is 31.1. The first-order chi connectivity index (χ1) is 14.3. The minimum absolute atomic E-state index is 0.0148. The third kappa shape index (κ3) is 4.83. The summed E-state index contributed by atoms with van der Waals surface area (Å²) in [4.78, 5) is 15.3. The van der Waals surface area contributed by atoms with Crippen molar-refractivity contribution in [2.45, 2.75) is 23.8 Å². The highest BCUT2D eigenvalue weighted by molar-refractivity contribution is 7.89. The Labute approximate surface area is 178 Å². The Morgan fingerprint density at radius 2 is 1.73 bits per heavy atom. The summed E-state index contributed by atoms with van der Waals surface area (Å²) in [6.45, 7) is 2.41. The molecule has 0 aromatic heterocycles. The summed E-state index contributed by atoms with van der Waals surface area (Å²) in [7, 11) is 1.09. The molecule has 0 bridgehead atoms. The van der Waals surface area contributed by atoms with Crippen LogP contribution in [0, 0.1) is 0 Å². The predicted octanol–water partition coefficient (Wildman–Crippen LogP) is 2.51. The quantitative estimate of drug-likeness (QED) is 0.695. The number of para-hydroxylation sites is 1. The Morgan fingerprint density at radius 3 is 2.33 bits per heavy atom. The van der Waals surface area contributed by atoms with Crippen LogP contribution in [-0.2, 0) is 10.0 Å². The van der Waals surface area contributed by atoms with Crippen molar-refractivity contribution in [1.29, 1.82) is 0 Å². The van der Waals surface area contributed by atoms with Crippen LogP contribution >= 0.6 is 0 Å². The Morgan fingerprint density at radius 1 is 1.10 bits per heavy atom. The molecule has 1 atom stereocenters. The average molecular weight is 432 g/mol. The van der Waals surface area contributed by atoms with Crippen LogP contribution in [-0.4, -0.2) is 64.4 Å². The second-order valence-corrected chi connectivity index (χ2v) is 9.67. The van der Waals surface area contributed by atoms with Crippen LogP contribution in [0.1, 0.15) is 34.8 Å². The van der Waals surface area contributed by atoms with Crippen molar-refractivity contribution in [3.63, 3.8) is 0 Å². The Kier molecular flexibility index (Phi) is 7.12. The zero-order chi connectivity index (χ0) is 21.7. The lowest BCUT2D eigenvalue weighted by Crippen LogP contribution is -2.37. The monoisotopic (exact) mass is 431 g/mol. The van der Waals surface area contributed by atoms with Gasteiger partial charge in [-0.05, 0) is 56.3 Å². The molecule has 2 aromatic carbocycles. The predicted molar refractivity (Wildman–Crippen MR) is 116 cm³/mol. The molecule has 1 heterocycles. The van der Waals surface area contributed by atoms with E-state index in [0.29, 0.717) is 12.1 Å². The second kappa shape index (κ2) is 9.59. The van der Waals surface area contributed by atoms with Crippen LogP contribution in [0.25, 0.3) is 0 Å². The third-order valence-corrected chi connectivity index (χ3v) is 7.26. The number of methoxy groups -OCH3 is 1. The third-order valence-electron chi connectivity index (χ3n) is 5.43. The molecule has 0 radical (unpaired) electrons. The molecule has 0 saturated carbocycles. The van der Waals surface area contributed by atoms with Crippen molar-refractivity contribution in [1.82, 2.24) is 14.5 Å². The van der Waals surface area contributed by atoms with Crippen molar-refractivity contribution in [3.8, 4) is 5.75 Å². The number of likely N-dealkylation sites (tertiary alicyclic amines) is 1. The number of rotatable bonds is 8. The summed E-state index contributed by atoms with van der Waals surface area (Å²) in [5, 5.41) is 3.01. The van der Waals surface area contributed by atoms with Crippen molar-refractivity contribution >= 4 is 15.9 Å². The van der Waals surface area contributed by atoms with Gasteiger partial charge in [-0.3, -0.25) is 9.69 Å². The van der Waals surface area contributed by atoms with E-state index >= 15 is 0 Å². The van der Waals surface area contributed by atoms with E-state index in [1.54, 1.807) is 19.2 Å². The van der Waals surface area contributed by atoms with Crippen LogP contribution in [0.3, 0.4) is 0 Å². The number of ether oxygens (including phenoxy) is 1. The number of nitrogens with zero attached hydrogens (tertiary/aromatic N) is 2. The van der Waals surface area contributed by atoms with Crippen molar-refractivity contribution in [2.75, 3.05) is 40.8 Å². The van der Waals surface area contributed by atoms with Gasteiger partial charge in [-0.15, -0.1) is 0 Å². The first kappa shape index (κ1) is 22.3. The highest BCUT2D eigenvalue weighted by atomic mass is 32.2. The SMILES string of the molecule is COc1ccccc1C(CNC(=O)c1ccc(S(=O)(=O)N(C)C)cc1)N1CCCC1. The Bertz CT molecular complexity index is 968. The number of hydrogen-bond acceptors (Lipinski definition) is 5. The summed E-state index contributed by atoms with van der Waals surface area (Å²) in [6, 6.07) is 13.9. The topological polar surface area (TPSA) is 78.9 Å². The largest absolute Gasteiger partial charge is 0.496 e. The molecule has 162 valence electrons. The van der Waals surface area contributed by atoms with Gasteiger partial charge in [-0.2, -0.15) is 0 Å². The van der Waals surface area contributed by atoms with Crippen LogP contribution in [0.5, 0.6) is 5.75 Å². The Hall–Kier alpha value is -2.42. The molecule has 1 unspecified atom stereocenters. The van der Waals surface area contributed by atoms with E-state index in [1.165, 1.54) is 26.2 Å². The molecule has 30 heavy (non-hydrogen) atoms. The van der Waals surface area contributed by atoms with Crippen LogP contribution in [0.15, 0.2) is 53.4 Å². The molecule has 2 aromatic rings. The van der Waals surface area contributed by atoms with Gasteiger partial charge in [0, 0.05) is 31.8 Å². The Balaban J connectivity index is 1.75. The number of amides is 1. The molecule has 1 fully saturated rings. The van der Waals surface area contributed by atoms with E-state index in [-0.39, 0.29) is 16.8 Å². The van der Waals surface area contributed by atoms with E-state index in [4.69, 9.17) is 4.74 Å². The summed E-state index contributed by atoms with van der Waals surface area (Å²) in [6.07, 6.45) is 2.28. The molecule has 1 aliphatic heterocycles. The second-order valence-electron chi connectivity index (χ2n) is 7.52. The molecule has 7 nitrogen and oxygen atoms in total. The van der Waals surface area contributed by atoms with Gasteiger partial charge in [0.2, 0.25) is 10.0 Å². The maximum absolute atomic E-state index is 12.7. The lowest BCUT2D eigenvalue weighted by atomic mass is 10.0. The number of nitrogens with one attached hydrogen (secondary N) is 1. The lowest BCUT2D eigenvalue weighted by Gasteiger charge is -2.29. The maximum atomic E-state index is 12.7. The molecule has 1 aliphatic rings. The molecule has 0 spiro atoms. The van der Waals surface area contributed by atoms with Crippen LogP contribution in [0.2, 0.25) is 0 Å². The fourth-order valence-electron chi connectivity index (χ4n) is 3.71. The average Bonchev–Trinajstić information content (AvgIpc) is 3.28. The maximum Gasteiger partial charge on any atom is 0.251 e. The summed E-state index contributed by atoms with van der Waals surface area (Å²) in [5.41, 5.74) is 1.47. The molecule has 0 aliphatic carbocycles. The summed E-state index contributed by atoms with van der Waals surface area (Å²) >= 11 is 0. The van der Waals surface area contributed by atoms with Gasteiger partial charge in [0.15, 0.2) is 0 Å². The summed E-state index contributed by atoms with van der Waals surface area (Å²) in [5.74, 6) is 0.574. The number of hydrogen-bond donors (Lipinski definition) is 1. The first-order valence-electron chi connectivity index (χ1n) is 10.0. The number of carbonyl (C=O) groups excluding carboxylic acids is 1. The zero-order valence-electron chi connectivity index (χ0n) is 17.7. The van der Waals surface area contributed by atoms with Gasteiger partial charge in [0.1, 0.15) is 5.75 Å². The standard InChI is InChI=1S/C22H29N3O4S/c1-24(2)30(27,28)18-12-10-17(11-13-18)22(26)23-16-20(25-14-6-7-15-25)19-8-4-5-9-21(19)29-3/h4-5,8-13,20H,6-7,14-16H2,1-3H3,(H,23,26). The number of benzene rings is 2. The fraction of sp³-hybridized carbons (Fsp3) is 0.409.